The van der Waals surface area contributed by atoms with Gasteiger partial charge >= 0.3 is 0 Å². The number of benzene rings is 2. The van der Waals surface area contributed by atoms with E-state index in [9.17, 15) is 8.42 Å². The molecular formula is C22H25NO4S. The van der Waals surface area contributed by atoms with Crippen LogP contribution in [0.4, 0.5) is 0 Å². The van der Waals surface area contributed by atoms with E-state index in [4.69, 9.17) is 8.92 Å². The van der Waals surface area contributed by atoms with Gasteiger partial charge in [0, 0.05) is 31.0 Å². The third kappa shape index (κ3) is 5.35. The summed E-state index contributed by atoms with van der Waals surface area (Å²) in [6, 6.07) is 14.6. The molecule has 1 aliphatic rings. The van der Waals surface area contributed by atoms with E-state index in [1.54, 1.807) is 7.11 Å². The van der Waals surface area contributed by atoms with Gasteiger partial charge in [0.1, 0.15) is 5.75 Å². The number of rotatable bonds is 5. The summed E-state index contributed by atoms with van der Waals surface area (Å²) in [5, 5.41) is 0. The van der Waals surface area contributed by atoms with E-state index < -0.39 is 10.1 Å². The van der Waals surface area contributed by atoms with Crippen molar-refractivity contribution < 1.29 is 17.3 Å². The highest BCUT2D eigenvalue weighted by Gasteiger charge is 2.24. The molecule has 1 unspecified atom stereocenters. The SMILES string of the molecule is COc1ccc(C2CN(C)Cc3cc(C#CCCOS(C)(=O)=O)ccc32)cc1. The Balaban J connectivity index is 1.77. The van der Waals surface area contributed by atoms with Crippen LogP contribution in [0.3, 0.4) is 0 Å². The van der Waals surface area contributed by atoms with Crippen molar-refractivity contribution in [2.75, 3.05) is 33.6 Å². The second-order valence-corrected chi connectivity index (χ2v) is 8.66. The minimum absolute atomic E-state index is 0.0824. The molecule has 0 bridgehead atoms. The van der Waals surface area contributed by atoms with Crippen LogP contribution in [0, 0.1) is 11.8 Å². The predicted molar refractivity (Wildman–Crippen MR) is 110 cm³/mol. The van der Waals surface area contributed by atoms with Gasteiger partial charge in [-0.25, -0.2) is 0 Å². The molecule has 0 fully saturated rings. The average molecular weight is 400 g/mol. The Labute approximate surface area is 167 Å². The summed E-state index contributed by atoms with van der Waals surface area (Å²) in [6.07, 6.45) is 1.41. The number of hydrogen-bond acceptors (Lipinski definition) is 5. The summed E-state index contributed by atoms with van der Waals surface area (Å²) in [6.45, 7) is 1.93. The zero-order valence-corrected chi connectivity index (χ0v) is 17.3. The van der Waals surface area contributed by atoms with Gasteiger partial charge in [0.2, 0.25) is 0 Å². The number of fused-ring (bicyclic) bond motifs is 1. The van der Waals surface area contributed by atoms with Crippen LogP contribution >= 0.6 is 0 Å². The topological polar surface area (TPSA) is 55.8 Å². The molecule has 0 saturated heterocycles. The molecule has 0 radical (unpaired) electrons. The Bertz CT molecular complexity index is 987. The normalized spacial score (nSPS) is 16.8. The third-order valence-electron chi connectivity index (χ3n) is 4.73. The Morgan fingerprint density at radius 2 is 1.93 bits per heavy atom. The highest BCUT2D eigenvalue weighted by molar-refractivity contribution is 7.85. The number of likely N-dealkylation sites (N-methyl/N-ethyl adjacent to an activating group) is 1. The van der Waals surface area contributed by atoms with E-state index in [0.29, 0.717) is 12.3 Å². The average Bonchev–Trinajstić information content (AvgIpc) is 2.66. The molecule has 0 saturated carbocycles. The molecule has 5 nitrogen and oxygen atoms in total. The summed E-state index contributed by atoms with van der Waals surface area (Å²) >= 11 is 0. The maximum atomic E-state index is 11.0. The lowest BCUT2D eigenvalue weighted by molar-refractivity contribution is 0.295. The highest BCUT2D eigenvalue weighted by atomic mass is 32.2. The smallest absolute Gasteiger partial charge is 0.264 e. The van der Waals surface area contributed by atoms with Crippen molar-refractivity contribution in [2.24, 2.45) is 0 Å². The lowest BCUT2D eigenvalue weighted by Gasteiger charge is -2.32. The molecule has 2 aromatic rings. The lowest BCUT2D eigenvalue weighted by atomic mass is 9.84. The van der Waals surface area contributed by atoms with Crippen molar-refractivity contribution in [3.63, 3.8) is 0 Å². The van der Waals surface area contributed by atoms with Gasteiger partial charge in [-0.05, 0) is 48.0 Å². The number of nitrogens with zero attached hydrogens (tertiary/aromatic N) is 1. The van der Waals surface area contributed by atoms with E-state index in [-0.39, 0.29) is 6.61 Å². The van der Waals surface area contributed by atoms with Crippen LogP contribution in [0.5, 0.6) is 5.75 Å². The van der Waals surface area contributed by atoms with E-state index in [2.05, 4.69) is 48.1 Å². The van der Waals surface area contributed by atoms with Crippen molar-refractivity contribution in [3.05, 3.63) is 64.7 Å². The summed E-state index contributed by atoms with van der Waals surface area (Å²) in [4.78, 5) is 2.31. The molecular weight excluding hydrogens is 374 g/mol. The zero-order chi connectivity index (χ0) is 20.1. The second-order valence-electron chi connectivity index (χ2n) is 7.01. The predicted octanol–water partition coefficient (Wildman–Crippen LogP) is 2.99. The van der Waals surface area contributed by atoms with Crippen molar-refractivity contribution in [2.45, 2.75) is 18.9 Å². The fourth-order valence-electron chi connectivity index (χ4n) is 3.46. The quantitative estimate of drug-likeness (QED) is 0.440. The summed E-state index contributed by atoms with van der Waals surface area (Å²) < 4.78 is 31.9. The summed E-state index contributed by atoms with van der Waals surface area (Å²) in [5.41, 5.74) is 4.80. The van der Waals surface area contributed by atoms with Gasteiger partial charge in [0.25, 0.3) is 10.1 Å². The molecule has 2 aromatic carbocycles. The molecule has 1 atom stereocenters. The Morgan fingerprint density at radius 1 is 1.18 bits per heavy atom. The minimum Gasteiger partial charge on any atom is -0.497 e. The van der Waals surface area contributed by atoms with Crippen molar-refractivity contribution in [1.82, 2.24) is 4.90 Å². The first-order chi connectivity index (χ1) is 13.4. The van der Waals surface area contributed by atoms with E-state index in [1.807, 2.05) is 18.2 Å². The minimum atomic E-state index is -3.41. The fourth-order valence-corrected chi connectivity index (χ4v) is 3.84. The van der Waals surface area contributed by atoms with Gasteiger partial charge in [-0.3, -0.25) is 4.18 Å². The summed E-state index contributed by atoms with van der Waals surface area (Å²) in [5.74, 6) is 7.26. The molecule has 1 heterocycles. The molecule has 0 aliphatic carbocycles. The third-order valence-corrected chi connectivity index (χ3v) is 5.32. The molecule has 28 heavy (non-hydrogen) atoms. The maximum Gasteiger partial charge on any atom is 0.264 e. The van der Waals surface area contributed by atoms with Crippen LogP contribution in [0.25, 0.3) is 0 Å². The molecule has 0 spiro atoms. The van der Waals surface area contributed by atoms with Crippen LogP contribution in [0.2, 0.25) is 0 Å². The fraction of sp³-hybridized carbons (Fsp3) is 0.364. The first-order valence-electron chi connectivity index (χ1n) is 9.14. The lowest BCUT2D eigenvalue weighted by Crippen LogP contribution is -2.31. The first kappa shape index (κ1) is 20.4. The molecule has 0 amide bonds. The van der Waals surface area contributed by atoms with E-state index >= 15 is 0 Å². The van der Waals surface area contributed by atoms with Crippen LogP contribution in [-0.2, 0) is 20.8 Å². The molecule has 148 valence electrons. The van der Waals surface area contributed by atoms with Gasteiger partial charge in [0.15, 0.2) is 0 Å². The largest absolute Gasteiger partial charge is 0.497 e. The van der Waals surface area contributed by atoms with Crippen LogP contribution < -0.4 is 4.74 Å². The molecule has 0 aromatic heterocycles. The van der Waals surface area contributed by atoms with Crippen molar-refractivity contribution in [1.29, 1.82) is 0 Å². The van der Waals surface area contributed by atoms with Crippen molar-refractivity contribution >= 4 is 10.1 Å². The Morgan fingerprint density at radius 3 is 2.61 bits per heavy atom. The zero-order valence-electron chi connectivity index (χ0n) is 16.4. The molecule has 3 rings (SSSR count). The van der Waals surface area contributed by atoms with Gasteiger partial charge in [-0.15, -0.1) is 0 Å². The van der Waals surface area contributed by atoms with Crippen LogP contribution in [0.1, 0.15) is 34.6 Å². The van der Waals surface area contributed by atoms with Gasteiger partial charge in [0.05, 0.1) is 20.0 Å². The number of ether oxygens (including phenoxy) is 1. The molecule has 1 aliphatic heterocycles. The summed E-state index contributed by atoms with van der Waals surface area (Å²) in [7, 11) is 0.395. The number of hydrogen-bond donors (Lipinski definition) is 0. The molecule has 6 heteroatoms. The van der Waals surface area contributed by atoms with Gasteiger partial charge in [-0.1, -0.05) is 30.0 Å². The number of methoxy groups -OCH3 is 1. The van der Waals surface area contributed by atoms with Crippen molar-refractivity contribution in [3.8, 4) is 17.6 Å². The first-order valence-corrected chi connectivity index (χ1v) is 11.0. The van der Waals surface area contributed by atoms with E-state index in [1.165, 1.54) is 16.7 Å². The van der Waals surface area contributed by atoms with Crippen LogP contribution in [0.15, 0.2) is 42.5 Å². The Kier molecular flexibility index (Phi) is 6.40. The molecule has 0 N–H and O–H groups in total. The van der Waals surface area contributed by atoms with Crippen LogP contribution in [-0.4, -0.2) is 46.9 Å². The highest BCUT2D eigenvalue weighted by Crippen LogP contribution is 2.34. The standard InChI is InChI=1S/C22H25NO4S/c1-23-15-19-14-17(6-4-5-13-27-28(3,24)25)7-12-21(19)22(16-23)18-8-10-20(26-2)11-9-18/h7-12,14,22H,5,13,15-16H2,1-3H3. The Hall–Kier alpha value is -2.33. The van der Waals surface area contributed by atoms with E-state index in [0.717, 1.165) is 30.7 Å². The van der Waals surface area contributed by atoms with Gasteiger partial charge in [-0.2, -0.15) is 8.42 Å². The maximum absolute atomic E-state index is 11.0. The second kappa shape index (κ2) is 8.78. The monoisotopic (exact) mass is 399 g/mol. The van der Waals surface area contributed by atoms with Gasteiger partial charge < -0.3 is 9.64 Å².